The summed E-state index contributed by atoms with van der Waals surface area (Å²) in [5.41, 5.74) is 1.38. The number of amides is 2. The van der Waals surface area contributed by atoms with E-state index in [1.54, 1.807) is 7.05 Å². The quantitative estimate of drug-likeness (QED) is 0.808. The zero-order valence-electron chi connectivity index (χ0n) is 15.0. The van der Waals surface area contributed by atoms with Crippen LogP contribution >= 0.6 is 11.6 Å². The minimum Gasteiger partial charge on any atom is -0.349 e. The molecule has 0 fully saturated rings. The fourth-order valence-electron chi connectivity index (χ4n) is 2.97. The predicted molar refractivity (Wildman–Crippen MR) is 99.6 cm³/mol. The molecule has 1 aromatic carbocycles. The molecular weight excluding hydrogens is 340 g/mol. The molecule has 0 radical (unpaired) electrons. The smallest absolute Gasteiger partial charge is 0.267 e. The van der Waals surface area contributed by atoms with Gasteiger partial charge in [-0.3, -0.25) is 14.5 Å². The Morgan fingerprint density at radius 2 is 2.00 bits per heavy atom. The lowest BCUT2D eigenvalue weighted by Gasteiger charge is -2.31. The minimum absolute atomic E-state index is 0.0174. The Morgan fingerprint density at radius 1 is 1.32 bits per heavy atom. The topological polar surface area (TPSA) is 65.0 Å². The number of hydrogen-bond acceptors (Lipinski definition) is 4. The first-order valence-corrected chi connectivity index (χ1v) is 8.96. The first-order valence-electron chi connectivity index (χ1n) is 8.58. The third-order valence-electron chi connectivity index (χ3n) is 4.44. The second-order valence-electron chi connectivity index (χ2n) is 5.93. The van der Waals surface area contributed by atoms with E-state index in [-0.39, 0.29) is 17.9 Å². The van der Waals surface area contributed by atoms with Crippen molar-refractivity contribution < 1.29 is 9.59 Å². The SMILES string of the molecule is CCN(CC)[C@H](CNC(=O)C1=NN(C)C(=O)CC1)c1ccccc1Cl. The van der Waals surface area contributed by atoms with Gasteiger partial charge >= 0.3 is 0 Å². The fourth-order valence-corrected chi connectivity index (χ4v) is 3.23. The van der Waals surface area contributed by atoms with Crippen LogP contribution < -0.4 is 5.32 Å². The summed E-state index contributed by atoms with van der Waals surface area (Å²) in [7, 11) is 1.57. The maximum absolute atomic E-state index is 12.4. The molecule has 0 spiro atoms. The molecule has 0 saturated heterocycles. The summed E-state index contributed by atoms with van der Waals surface area (Å²) >= 11 is 6.37. The molecule has 0 aliphatic carbocycles. The average Bonchev–Trinajstić information content (AvgIpc) is 2.61. The van der Waals surface area contributed by atoms with Gasteiger partial charge in [0, 0.05) is 31.5 Å². The van der Waals surface area contributed by atoms with Crippen LogP contribution in [0.1, 0.15) is 38.3 Å². The molecule has 136 valence electrons. The molecule has 1 N–H and O–H groups in total. The first kappa shape index (κ1) is 19.4. The molecule has 1 aliphatic heterocycles. The monoisotopic (exact) mass is 364 g/mol. The Kier molecular flexibility index (Phi) is 6.96. The third kappa shape index (κ3) is 4.80. The van der Waals surface area contributed by atoms with Crippen molar-refractivity contribution in [1.29, 1.82) is 0 Å². The number of benzene rings is 1. The number of nitrogens with one attached hydrogen (secondary N) is 1. The lowest BCUT2D eigenvalue weighted by atomic mass is 10.0. The van der Waals surface area contributed by atoms with E-state index in [2.05, 4.69) is 29.2 Å². The van der Waals surface area contributed by atoms with Crippen molar-refractivity contribution in [3.63, 3.8) is 0 Å². The number of carbonyl (C=O) groups excluding carboxylic acids is 2. The molecular formula is C18H25ClN4O2. The summed E-state index contributed by atoms with van der Waals surface area (Å²) in [5, 5.41) is 8.94. The largest absolute Gasteiger partial charge is 0.349 e. The first-order chi connectivity index (χ1) is 12.0. The van der Waals surface area contributed by atoms with Crippen LogP contribution in [0.3, 0.4) is 0 Å². The van der Waals surface area contributed by atoms with Gasteiger partial charge < -0.3 is 5.32 Å². The van der Waals surface area contributed by atoms with Gasteiger partial charge in [-0.25, -0.2) is 5.01 Å². The van der Waals surface area contributed by atoms with Gasteiger partial charge in [0.25, 0.3) is 5.91 Å². The predicted octanol–water partition coefficient (Wildman–Crippen LogP) is 2.45. The molecule has 1 atom stereocenters. The average molecular weight is 365 g/mol. The van der Waals surface area contributed by atoms with E-state index in [1.807, 2.05) is 24.3 Å². The van der Waals surface area contributed by atoms with Gasteiger partial charge in [-0.2, -0.15) is 5.10 Å². The molecule has 0 bridgehead atoms. The zero-order valence-corrected chi connectivity index (χ0v) is 15.7. The third-order valence-corrected chi connectivity index (χ3v) is 4.79. The Labute approximate surface area is 153 Å². The van der Waals surface area contributed by atoms with Crippen molar-refractivity contribution in [2.75, 3.05) is 26.7 Å². The molecule has 2 amide bonds. The van der Waals surface area contributed by atoms with Crippen LogP contribution in [0, 0.1) is 0 Å². The highest BCUT2D eigenvalue weighted by atomic mass is 35.5. The summed E-state index contributed by atoms with van der Waals surface area (Å²) < 4.78 is 0. The highest BCUT2D eigenvalue weighted by Crippen LogP contribution is 2.27. The van der Waals surface area contributed by atoms with E-state index in [0.29, 0.717) is 30.1 Å². The summed E-state index contributed by atoms with van der Waals surface area (Å²) in [6, 6.07) is 7.68. The van der Waals surface area contributed by atoms with Crippen molar-refractivity contribution in [3.05, 3.63) is 34.9 Å². The van der Waals surface area contributed by atoms with Crippen LogP contribution in [0.4, 0.5) is 0 Å². The van der Waals surface area contributed by atoms with E-state index < -0.39 is 0 Å². The van der Waals surface area contributed by atoms with Crippen molar-refractivity contribution in [3.8, 4) is 0 Å². The summed E-state index contributed by atoms with van der Waals surface area (Å²) in [4.78, 5) is 26.2. The van der Waals surface area contributed by atoms with Crippen molar-refractivity contribution in [2.45, 2.75) is 32.7 Å². The van der Waals surface area contributed by atoms with Crippen molar-refractivity contribution >= 4 is 29.1 Å². The van der Waals surface area contributed by atoms with Crippen LogP contribution in [0.5, 0.6) is 0 Å². The fraction of sp³-hybridized carbons (Fsp3) is 0.500. The van der Waals surface area contributed by atoms with E-state index in [0.717, 1.165) is 18.7 Å². The van der Waals surface area contributed by atoms with Crippen molar-refractivity contribution in [2.24, 2.45) is 5.10 Å². The molecule has 0 saturated carbocycles. The summed E-state index contributed by atoms with van der Waals surface area (Å²) in [6.45, 7) is 6.30. The summed E-state index contributed by atoms with van der Waals surface area (Å²) in [6.07, 6.45) is 0.684. The lowest BCUT2D eigenvalue weighted by molar-refractivity contribution is -0.130. The second kappa shape index (κ2) is 8.97. The Balaban J connectivity index is 2.12. The maximum atomic E-state index is 12.4. The highest BCUT2D eigenvalue weighted by molar-refractivity contribution is 6.39. The van der Waals surface area contributed by atoms with Gasteiger partial charge in [-0.05, 0) is 24.7 Å². The van der Waals surface area contributed by atoms with Gasteiger partial charge in [0.15, 0.2) is 0 Å². The number of carbonyl (C=O) groups is 2. The van der Waals surface area contributed by atoms with Gasteiger partial charge in [-0.15, -0.1) is 0 Å². The van der Waals surface area contributed by atoms with Crippen LogP contribution in [-0.2, 0) is 9.59 Å². The van der Waals surface area contributed by atoms with Gasteiger partial charge in [0.1, 0.15) is 5.71 Å². The Morgan fingerprint density at radius 3 is 2.60 bits per heavy atom. The number of halogens is 1. The molecule has 0 unspecified atom stereocenters. The number of nitrogens with zero attached hydrogens (tertiary/aromatic N) is 3. The van der Waals surface area contributed by atoms with E-state index in [4.69, 9.17) is 11.6 Å². The van der Waals surface area contributed by atoms with Crippen LogP contribution in [0.2, 0.25) is 5.02 Å². The number of rotatable bonds is 7. The Hall–Kier alpha value is -1.92. The minimum atomic E-state index is -0.233. The van der Waals surface area contributed by atoms with Crippen molar-refractivity contribution in [1.82, 2.24) is 15.2 Å². The molecule has 7 heteroatoms. The Bertz CT molecular complexity index is 658. The number of hydrazone groups is 1. The maximum Gasteiger partial charge on any atom is 0.267 e. The molecule has 6 nitrogen and oxygen atoms in total. The summed E-state index contributed by atoms with van der Waals surface area (Å²) in [5.74, 6) is -0.308. The molecule has 2 rings (SSSR count). The molecule has 1 aliphatic rings. The van der Waals surface area contributed by atoms with E-state index in [1.165, 1.54) is 5.01 Å². The standard InChI is InChI=1S/C18H25ClN4O2/c1-4-23(5-2)16(13-8-6-7-9-14(13)19)12-20-18(25)15-10-11-17(24)22(3)21-15/h6-9,16H,4-5,10-12H2,1-3H3,(H,20,25)/t16-/m1/s1. The molecule has 0 aromatic heterocycles. The van der Waals surface area contributed by atoms with E-state index >= 15 is 0 Å². The van der Waals surface area contributed by atoms with Crippen LogP contribution in [0.25, 0.3) is 0 Å². The zero-order chi connectivity index (χ0) is 18.4. The number of hydrogen-bond donors (Lipinski definition) is 1. The van der Waals surface area contributed by atoms with Crippen LogP contribution in [0.15, 0.2) is 29.4 Å². The normalized spacial score (nSPS) is 16.0. The van der Waals surface area contributed by atoms with Crippen LogP contribution in [-0.4, -0.2) is 54.1 Å². The van der Waals surface area contributed by atoms with Gasteiger partial charge in [0.05, 0.1) is 6.04 Å². The van der Waals surface area contributed by atoms with Gasteiger partial charge in [0.2, 0.25) is 5.91 Å². The lowest BCUT2D eigenvalue weighted by Crippen LogP contribution is -2.42. The molecule has 25 heavy (non-hydrogen) atoms. The highest BCUT2D eigenvalue weighted by Gasteiger charge is 2.25. The number of likely N-dealkylation sites (N-methyl/N-ethyl adjacent to an activating group) is 1. The molecule has 1 heterocycles. The van der Waals surface area contributed by atoms with E-state index in [9.17, 15) is 9.59 Å². The van der Waals surface area contributed by atoms with Gasteiger partial charge in [-0.1, -0.05) is 43.6 Å². The molecule has 1 aromatic rings. The second-order valence-corrected chi connectivity index (χ2v) is 6.34.